The molecule has 0 aromatic heterocycles. The molecule has 0 amide bonds. The van der Waals surface area contributed by atoms with Crippen LogP contribution in [0.2, 0.25) is 0 Å². The Labute approximate surface area is 120 Å². The summed E-state index contributed by atoms with van der Waals surface area (Å²) >= 11 is 1.70. The van der Waals surface area contributed by atoms with Crippen molar-refractivity contribution in [2.24, 2.45) is 5.41 Å². The summed E-state index contributed by atoms with van der Waals surface area (Å²) in [7, 11) is 0. The lowest BCUT2D eigenvalue weighted by Crippen LogP contribution is -2.44. The topological polar surface area (TPSA) is 12.0 Å². The summed E-state index contributed by atoms with van der Waals surface area (Å²) < 4.78 is 13.8. The fourth-order valence-electron chi connectivity index (χ4n) is 2.84. The van der Waals surface area contributed by atoms with Gasteiger partial charge in [-0.15, -0.1) is 11.8 Å². The van der Waals surface area contributed by atoms with Crippen LogP contribution in [0, 0.1) is 11.2 Å². The third-order valence-corrected chi connectivity index (χ3v) is 5.30. The van der Waals surface area contributed by atoms with Gasteiger partial charge >= 0.3 is 0 Å². The van der Waals surface area contributed by atoms with Gasteiger partial charge < -0.3 is 5.32 Å². The molecule has 0 heterocycles. The van der Waals surface area contributed by atoms with E-state index >= 15 is 0 Å². The lowest BCUT2D eigenvalue weighted by Gasteiger charge is -2.40. The summed E-state index contributed by atoms with van der Waals surface area (Å²) in [6.45, 7) is 7.78. The molecule has 19 heavy (non-hydrogen) atoms. The first-order chi connectivity index (χ1) is 9.02. The number of halogens is 1. The third-order valence-electron chi connectivity index (χ3n) is 3.92. The summed E-state index contributed by atoms with van der Waals surface area (Å²) in [4.78, 5) is 0.785. The van der Waals surface area contributed by atoms with Crippen molar-refractivity contribution in [3.05, 3.63) is 30.1 Å². The van der Waals surface area contributed by atoms with Crippen LogP contribution in [0.15, 0.2) is 29.2 Å². The highest BCUT2D eigenvalue weighted by Gasteiger charge is 2.35. The third kappa shape index (κ3) is 3.96. The highest BCUT2D eigenvalue weighted by atomic mass is 32.2. The average Bonchev–Trinajstić information content (AvgIpc) is 2.35. The van der Waals surface area contributed by atoms with Gasteiger partial charge in [0.2, 0.25) is 0 Å². The van der Waals surface area contributed by atoms with Crippen molar-refractivity contribution in [1.29, 1.82) is 0 Å². The second-order valence-corrected chi connectivity index (χ2v) is 7.44. The lowest BCUT2D eigenvalue weighted by molar-refractivity contribution is 0.215. The summed E-state index contributed by atoms with van der Waals surface area (Å²) in [5.41, 5.74) is 0.370. The molecule has 0 aliphatic heterocycles. The van der Waals surface area contributed by atoms with Gasteiger partial charge in [-0.1, -0.05) is 32.9 Å². The van der Waals surface area contributed by atoms with Crippen LogP contribution in [-0.2, 0) is 0 Å². The van der Waals surface area contributed by atoms with Gasteiger partial charge in [0.15, 0.2) is 0 Å². The molecule has 1 aromatic rings. The highest BCUT2D eigenvalue weighted by Crippen LogP contribution is 2.43. The molecule has 1 aliphatic carbocycles. The fraction of sp³-hybridized carbons (Fsp3) is 0.625. The van der Waals surface area contributed by atoms with Crippen LogP contribution >= 0.6 is 11.8 Å². The maximum Gasteiger partial charge on any atom is 0.136 e. The quantitative estimate of drug-likeness (QED) is 0.873. The zero-order valence-electron chi connectivity index (χ0n) is 12.1. The van der Waals surface area contributed by atoms with Gasteiger partial charge in [0.05, 0.1) is 0 Å². The number of nitrogens with one attached hydrogen (secondary N) is 1. The molecule has 0 spiro atoms. The van der Waals surface area contributed by atoms with Gasteiger partial charge in [-0.25, -0.2) is 4.39 Å². The first-order valence-electron chi connectivity index (χ1n) is 7.16. The minimum Gasteiger partial charge on any atom is -0.313 e. The van der Waals surface area contributed by atoms with E-state index in [-0.39, 0.29) is 5.82 Å². The van der Waals surface area contributed by atoms with Crippen LogP contribution in [0.5, 0.6) is 0 Å². The van der Waals surface area contributed by atoms with Crippen LogP contribution in [0.4, 0.5) is 4.39 Å². The molecular weight excluding hydrogens is 257 g/mol. The van der Waals surface area contributed by atoms with Crippen molar-refractivity contribution in [2.75, 3.05) is 6.54 Å². The second kappa shape index (κ2) is 6.27. The number of thioether (sulfide) groups is 1. The molecule has 0 radical (unpaired) electrons. The molecule has 0 bridgehead atoms. The summed E-state index contributed by atoms with van der Waals surface area (Å²) in [5.74, 6) is -0.0915. The number of hydrogen-bond acceptors (Lipinski definition) is 2. The maximum absolute atomic E-state index is 13.8. The predicted octanol–water partition coefficient (Wildman–Crippen LogP) is 4.47. The molecule has 1 aliphatic rings. The Kier molecular flexibility index (Phi) is 4.91. The van der Waals surface area contributed by atoms with E-state index in [1.165, 1.54) is 12.8 Å². The first kappa shape index (κ1) is 14.9. The van der Waals surface area contributed by atoms with Gasteiger partial charge in [-0.2, -0.15) is 0 Å². The van der Waals surface area contributed by atoms with E-state index in [0.717, 1.165) is 17.9 Å². The molecule has 0 saturated heterocycles. The average molecular weight is 281 g/mol. The standard InChI is InChI=1S/C16H24FNS/c1-4-18-13-9-10-16(2,3)11-15(13)19-14-8-6-5-7-12(14)17/h5-8,13,15,18H,4,9-11H2,1-3H3. The van der Waals surface area contributed by atoms with E-state index in [1.807, 2.05) is 12.1 Å². The Hall–Kier alpha value is -0.540. The first-order valence-corrected chi connectivity index (χ1v) is 8.04. The smallest absolute Gasteiger partial charge is 0.136 e. The number of rotatable bonds is 4. The van der Waals surface area contributed by atoms with Crippen molar-refractivity contribution in [2.45, 2.75) is 56.2 Å². The van der Waals surface area contributed by atoms with Crippen LogP contribution in [-0.4, -0.2) is 17.8 Å². The maximum atomic E-state index is 13.8. The number of hydrogen-bond donors (Lipinski definition) is 1. The van der Waals surface area contributed by atoms with Crippen molar-refractivity contribution in [3.63, 3.8) is 0 Å². The Bertz CT molecular complexity index is 419. The van der Waals surface area contributed by atoms with Crippen LogP contribution in [0.3, 0.4) is 0 Å². The molecule has 1 nitrogen and oxygen atoms in total. The molecule has 1 aromatic carbocycles. The molecular formula is C16H24FNS. The van der Waals surface area contributed by atoms with E-state index < -0.39 is 0 Å². The molecule has 3 heteroatoms. The van der Waals surface area contributed by atoms with Gasteiger partial charge in [0.1, 0.15) is 5.82 Å². The number of benzene rings is 1. The lowest BCUT2D eigenvalue weighted by atomic mass is 9.75. The van der Waals surface area contributed by atoms with E-state index in [2.05, 4.69) is 26.1 Å². The normalized spacial score (nSPS) is 26.3. The minimum atomic E-state index is -0.0915. The Morgan fingerprint density at radius 2 is 2.11 bits per heavy atom. The Morgan fingerprint density at radius 1 is 1.37 bits per heavy atom. The Morgan fingerprint density at radius 3 is 2.79 bits per heavy atom. The molecule has 106 valence electrons. The highest BCUT2D eigenvalue weighted by molar-refractivity contribution is 8.00. The fourth-order valence-corrected chi connectivity index (χ4v) is 4.44. The van der Waals surface area contributed by atoms with Crippen LogP contribution in [0.1, 0.15) is 40.0 Å². The molecule has 2 atom stereocenters. The summed E-state index contributed by atoms with van der Waals surface area (Å²) in [5, 5.41) is 4.03. The predicted molar refractivity (Wildman–Crippen MR) is 81.1 cm³/mol. The summed E-state index contributed by atoms with van der Waals surface area (Å²) in [6, 6.07) is 7.62. The van der Waals surface area contributed by atoms with Crippen molar-refractivity contribution >= 4 is 11.8 Å². The van der Waals surface area contributed by atoms with Crippen molar-refractivity contribution < 1.29 is 4.39 Å². The SMILES string of the molecule is CCNC1CCC(C)(C)CC1Sc1ccccc1F. The zero-order valence-corrected chi connectivity index (χ0v) is 12.9. The van der Waals surface area contributed by atoms with Gasteiger partial charge in [0, 0.05) is 16.2 Å². The van der Waals surface area contributed by atoms with Crippen LogP contribution in [0.25, 0.3) is 0 Å². The van der Waals surface area contributed by atoms with E-state index in [9.17, 15) is 4.39 Å². The monoisotopic (exact) mass is 281 g/mol. The van der Waals surface area contributed by atoms with E-state index in [0.29, 0.717) is 16.7 Å². The zero-order chi connectivity index (χ0) is 13.9. The minimum absolute atomic E-state index is 0.0915. The van der Waals surface area contributed by atoms with Gasteiger partial charge in [0.25, 0.3) is 0 Å². The molecule has 2 rings (SSSR count). The molecule has 1 N–H and O–H groups in total. The van der Waals surface area contributed by atoms with E-state index in [4.69, 9.17) is 0 Å². The molecule has 1 fully saturated rings. The van der Waals surface area contributed by atoms with Crippen molar-refractivity contribution in [1.82, 2.24) is 5.32 Å². The molecule has 2 unspecified atom stereocenters. The second-order valence-electron chi connectivity index (χ2n) is 6.16. The molecule has 1 saturated carbocycles. The largest absolute Gasteiger partial charge is 0.313 e. The van der Waals surface area contributed by atoms with Crippen LogP contribution < -0.4 is 5.32 Å². The van der Waals surface area contributed by atoms with Gasteiger partial charge in [-0.3, -0.25) is 0 Å². The van der Waals surface area contributed by atoms with Gasteiger partial charge in [-0.05, 0) is 43.4 Å². The Balaban J connectivity index is 2.11. The van der Waals surface area contributed by atoms with E-state index in [1.54, 1.807) is 23.9 Å². The van der Waals surface area contributed by atoms with Crippen molar-refractivity contribution in [3.8, 4) is 0 Å². The summed E-state index contributed by atoms with van der Waals surface area (Å²) in [6.07, 6.45) is 3.58.